The maximum atomic E-state index is 6.54. The smallest absolute Gasteiger partial charge is 0.145 e. The highest BCUT2D eigenvalue weighted by atomic mass is 16.3. The number of para-hydroxylation sites is 4. The van der Waals surface area contributed by atoms with Crippen LogP contribution in [0.15, 0.2) is 179 Å². The van der Waals surface area contributed by atoms with Gasteiger partial charge in [-0.1, -0.05) is 97.1 Å². The summed E-state index contributed by atoms with van der Waals surface area (Å²) in [6.07, 6.45) is 0. The van der Waals surface area contributed by atoms with Crippen molar-refractivity contribution in [2.24, 2.45) is 0 Å². The molecule has 4 heteroatoms. The van der Waals surface area contributed by atoms with Gasteiger partial charge in [0.15, 0.2) is 0 Å². The molecule has 0 amide bonds. The molecule has 242 valence electrons. The van der Waals surface area contributed by atoms with Gasteiger partial charge in [0.05, 0.1) is 27.5 Å². The van der Waals surface area contributed by atoms with Crippen molar-refractivity contribution in [2.45, 2.75) is 0 Å². The summed E-state index contributed by atoms with van der Waals surface area (Å²) < 4.78 is 17.7. The molecule has 0 atom stereocenters. The van der Waals surface area contributed by atoms with Gasteiger partial charge in [0, 0.05) is 55.1 Å². The molecular weight excluding hydrogens is 637 g/mol. The molecule has 12 rings (SSSR count). The molecule has 0 saturated heterocycles. The normalized spacial score (nSPS) is 12.2. The summed E-state index contributed by atoms with van der Waals surface area (Å²) in [5.74, 6) is 0. The van der Waals surface area contributed by atoms with Crippen molar-refractivity contribution in [3.63, 3.8) is 0 Å². The lowest BCUT2D eigenvalue weighted by Crippen LogP contribution is -1.96. The van der Waals surface area contributed by atoms with Crippen molar-refractivity contribution < 1.29 is 8.83 Å². The first-order valence-corrected chi connectivity index (χ1v) is 17.7. The van der Waals surface area contributed by atoms with Crippen LogP contribution in [0.2, 0.25) is 0 Å². The van der Waals surface area contributed by atoms with Crippen LogP contribution in [0.3, 0.4) is 0 Å². The summed E-state index contributed by atoms with van der Waals surface area (Å²) in [6, 6.07) is 60.6. The van der Waals surface area contributed by atoms with Crippen LogP contribution in [0.4, 0.5) is 0 Å². The Balaban J connectivity index is 1.05. The molecule has 0 spiro atoms. The van der Waals surface area contributed by atoms with Crippen LogP contribution in [0.1, 0.15) is 0 Å². The molecule has 0 radical (unpaired) electrons. The van der Waals surface area contributed by atoms with Crippen molar-refractivity contribution >= 4 is 87.5 Å². The second kappa shape index (κ2) is 10.3. The molecule has 0 bridgehead atoms. The third-order valence-corrected chi connectivity index (χ3v) is 10.9. The maximum Gasteiger partial charge on any atom is 0.145 e. The summed E-state index contributed by atoms with van der Waals surface area (Å²) in [4.78, 5) is 0. The number of benzene rings is 8. The van der Waals surface area contributed by atoms with Gasteiger partial charge in [-0.2, -0.15) is 0 Å². The molecular formula is C48H28N2O2. The number of furan rings is 2. The number of rotatable bonds is 3. The van der Waals surface area contributed by atoms with Crippen molar-refractivity contribution in [1.29, 1.82) is 0 Å². The van der Waals surface area contributed by atoms with Gasteiger partial charge in [0.2, 0.25) is 0 Å². The number of fused-ring (bicyclic) bond motifs is 13. The first-order chi connectivity index (χ1) is 25.8. The Morgan fingerprint density at radius 1 is 0.308 bits per heavy atom. The maximum absolute atomic E-state index is 6.54. The van der Waals surface area contributed by atoms with Crippen molar-refractivity contribution in [3.05, 3.63) is 170 Å². The summed E-state index contributed by atoms with van der Waals surface area (Å²) in [6.45, 7) is 0. The van der Waals surface area contributed by atoms with E-state index < -0.39 is 0 Å². The van der Waals surface area contributed by atoms with E-state index in [0.717, 1.165) is 88.3 Å². The van der Waals surface area contributed by atoms with Crippen LogP contribution < -0.4 is 0 Å². The summed E-state index contributed by atoms with van der Waals surface area (Å²) in [7, 11) is 0. The third-order valence-electron chi connectivity index (χ3n) is 10.9. The van der Waals surface area contributed by atoms with Crippen LogP contribution in [0.25, 0.3) is 110 Å². The molecule has 12 aromatic rings. The fourth-order valence-corrected chi connectivity index (χ4v) is 8.63. The van der Waals surface area contributed by atoms with E-state index in [1.807, 2.05) is 18.2 Å². The molecule has 0 saturated carbocycles. The van der Waals surface area contributed by atoms with E-state index in [4.69, 9.17) is 8.83 Å². The Kier molecular flexibility index (Phi) is 5.47. The van der Waals surface area contributed by atoms with Crippen molar-refractivity contribution in [1.82, 2.24) is 9.13 Å². The zero-order valence-corrected chi connectivity index (χ0v) is 27.9. The molecule has 0 N–H and O–H groups in total. The predicted molar refractivity (Wildman–Crippen MR) is 215 cm³/mol. The highest BCUT2D eigenvalue weighted by Gasteiger charge is 2.20. The Bertz CT molecular complexity index is 3370. The van der Waals surface area contributed by atoms with Gasteiger partial charge < -0.3 is 18.0 Å². The van der Waals surface area contributed by atoms with Gasteiger partial charge >= 0.3 is 0 Å². The van der Waals surface area contributed by atoms with E-state index in [0.29, 0.717) is 0 Å². The van der Waals surface area contributed by atoms with Gasteiger partial charge in [-0.15, -0.1) is 0 Å². The number of nitrogens with zero attached hydrogens (tertiary/aromatic N) is 2. The summed E-state index contributed by atoms with van der Waals surface area (Å²) >= 11 is 0. The number of aromatic nitrogens is 2. The zero-order chi connectivity index (χ0) is 33.9. The second-order valence-electron chi connectivity index (χ2n) is 13.7. The van der Waals surface area contributed by atoms with E-state index in [2.05, 4.69) is 161 Å². The highest BCUT2D eigenvalue weighted by molar-refractivity contribution is 6.24. The molecule has 52 heavy (non-hydrogen) atoms. The first kappa shape index (κ1) is 27.7. The third kappa shape index (κ3) is 3.75. The standard InChI is InChI=1S/C48H28N2O2/c1-5-19-40-33(15-1)38-27-39-35-17-4-7-21-44(35)51-46(39)28-43(38)50(40)32-14-10-12-30(26-32)29-11-9-13-31(25-29)49-41-20-6-2-18-37(41)47-42(49)24-23-36-34-16-3-8-22-45(34)52-48(36)47/h1-28H. The molecule has 4 aromatic heterocycles. The fraction of sp³-hybridized carbons (Fsp3) is 0. The van der Waals surface area contributed by atoms with E-state index in [-0.39, 0.29) is 0 Å². The average molecular weight is 665 g/mol. The lowest BCUT2D eigenvalue weighted by atomic mass is 10.0. The molecule has 4 nitrogen and oxygen atoms in total. The molecule has 0 aliphatic heterocycles. The quantitative estimate of drug-likeness (QED) is 0.188. The average Bonchev–Trinajstić information content (AvgIpc) is 3.94. The van der Waals surface area contributed by atoms with Crippen molar-refractivity contribution in [3.8, 4) is 22.5 Å². The van der Waals surface area contributed by atoms with E-state index >= 15 is 0 Å². The second-order valence-corrected chi connectivity index (χ2v) is 13.7. The van der Waals surface area contributed by atoms with Gasteiger partial charge in [-0.3, -0.25) is 0 Å². The largest absolute Gasteiger partial charge is 0.456 e. The van der Waals surface area contributed by atoms with Crippen LogP contribution in [-0.2, 0) is 0 Å². The minimum absolute atomic E-state index is 0.896. The van der Waals surface area contributed by atoms with Gasteiger partial charge in [0.1, 0.15) is 22.3 Å². The predicted octanol–water partition coefficient (Wildman–Crippen LogP) is 13.3. The van der Waals surface area contributed by atoms with E-state index in [9.17, 15) is 0 Å². The van der Waals surface area contributed by atoms with Crippen molar-refractivity contribution in [2.75, 3.05) is 0 Å². The zero-order valence-electron chi connectivity index (χ0n) is 27.9. The lowest BCUT2D eigenvalue weighted by molar-refractivity contribution is 0.669. The monoisotopic (exact) mass is 664 g/mol. The molecule has 0 unspecified atom stereocenters. The van der Waals surface area contributed by atoms with Gasteiger partial charge in [-0.05, 0) is 77.9 Å². The Morgan fingerprint density at radius 2 is 0.885 bits per heavy atom. The van der Waals surface area contributed by atoms with Gasteiger partial charge in [-0.25, -0.2) is 0 Å². The van der Waals surface area contributed by atoms with Crippen LogP contribution in [0, 0.1) is 0 Å². The summed E-state index contributed by atoms with van der Waals surface area (Å²) in [5, 5.41) is 9.33. The Hall–Kier alpha value is -7.04. The molecule has 0 aliphatic rings. The molecule has 0 fully saturated rings. The number of hydrogen-bond acceptors (Lipinski definition) is 2. The molecule has 8 aromatic carbocycles. The van der Waals surface area contributed by atoms with Crippen LogP contribution in [0.5, 0.6) is 0 Å². The fourth-order valence-electron chi connectivity index (χ4n) is 8.63. The minimum atomic E-state index is 0.896. The van der Waals surface area contributed by atoms with E-state index in [1.165, 1.54) is 21.7 Å². The SMILES string of the molecule is c1cc(-c2cccc(-n3c4ccccc4c4c5oc6ccccc6c5ccc43)c2)cc(-n2c3ccccc3c3cc4c(cc32)oc2ccccc24)c1. The number of hydrogen-bond donors (Lipinski definition) is 0. The van der Waals surface area contributed by atoms with Crippen LogP contribution in [-0.4, -0.2) is 9.13 Å². The van der Waals surface area contributed by atoms with Gasteiger partial charge in [0.25, 0.3) is 0 Å². The van der Waals surface area contributed by atoms with E-state index in [1.54, 1.807) is 0 Å². The van der Waals surface area contributed by atoms with Crippen LogP contribution >= 0.6 is 0 Å². The molecule has 4 heterocycles. The minimum Gasteiger partial charge on any atom is -0.456 e. The summed E-state index contributed by atoms with van der Waals surface area (Å²) in [5.41, 5.74) is 12.7. The lowest BCUT2D eigenvalue weighted by Gasteiger charge is -2.12. The topological polar surface area (TPSA) is 36.1 Å². The first-order valence-electron chi connectivity index (χ1n) is 17.7. The Morgan fingerprint density at radius 3 is 1.62 bits per heavy atom. The highest BCUT2D eigenvalue weighted by Crippen LogP contribution is 2.42. The Labute approximate surface area is 296 Å². The molecule has 0 aliphatic carbocycles.